The molecule has 2 heterocycles. The van der Waals surface area contributed by atoms with Crippen LogP contribution in [0.1, 0.15) is 66.7 Å². The highest BCUT2D eigenvalue weighted by Crippen LogP contribution is 2.34. The fourth-order valence-electron chi connectivity index (χ4n) is 3.58. The number of carbonyl (C=O) groups excluding carboxylic acids is 2. The van der Waals surface area contributed by atoms with Crippen LogP contribution in [-0.4, -0.2) is 60.5 Å². The van der Waals surface area contributed by atoms with Gasteiger partial charge in [-0.2, -0.15) is 0 Å². The Morgan fingerprint density at radius 2 is 1.68 bits per heavy atom. The molecule has 2 aliphatic heterocycles. The van der Waals surface area contributed by atoms with Gasteiger partial charge in [-0.3, -0.25) is 9.59 Å². The van der Waals surface area contributed by atoms with Crippen LogP contribution in [0.25, 0.3) is 0 Å². The Bertz CT molecular complexity index is 490. The van der Waals surface area contributed by atoms with Crippen LogP contribution in [0.15, 0.2) is 0 Å². The van der Waals surface area contributed by atoms with Crippen molar-refractivity contribution in [2.75, 3.05) is 26.7 Å². The SMILES string of the molecule is COC1CN(C(=O)CC(C)(C)CCC2CCN2C(=O)CC(C)(C)C)C1. The Hall–Kier alpha value is -1.10. The number of rotatable bonds is 7. The summed E-state index contributed by atoms with van der Waals surface area (Å²) < 4.78 is 5.24. The minimum Gasteiger partial charge on any atom is -0.378 e. The van der Waals surface area contributed by atoms with Crippen molar-refractivity contribution in [3.63, 3.8) is 0 Å². The molecule has 0 aromatic carbocycles. The van der Waals surface area contributed by atoms with Gasteiger partial charge in [0.2, 0.25) is 11.8 Å². The molecule has 0 aromatic heterocycles. The van der Waals surface area contributed by atoms with Crippen molar-refractivity contribution in [1.82, 2.24) is 9.80 Å². The van der Waals surface area contributed by atoms with E-state index in [1.54, 1.807) is 7.11 Å². The number of likely N-dealkylation sites (tertiary alicyclic amines) is 2. The maximum absolute atomic E-state index is 12.4. The molecule has 2 fully saturated rings. The second-order valence-corrected chi connectivity index (χ2v) is 9.80. The van der Waals surface area contributed by atoms with Crippen molar-refractivity contribution < 1.29 is 14.3 Å². The first kappa shape index (κ1) is 20.2. The van der Waals surface area contributed by atoms with Gasteiger partial charge in [0.1, 0.15) is 0 Å². The fourth-order valence-corrected chi connectivity index (χ4v) is 3.58. The van der Waals surface area contributed by atoms with Crippen LogP contribution < -0.4 is 0 Å². The molecule has 2 saturated heterocycles. The van der Waals surface area contributed by atoms with Crippen molar-refractivity contribution in [3.8, 4) is 0 Å². The predicted molar refractivity (Wildman–Crippen MR) is 99.2 cm³/mol. The topological polar surface area (TPSA) is 49.9 Å². The van der Waals surface area contributed by atoms with Gasteiger partial charge in [0, 0.05) is 45.6 Å². The first-order valence-corrected chi connectivity index (χ1v) is 9.61. The lowest BCUT2D eigenvalue weighted by Crippen LogP contribution is -2.55. The summed E-state index contributed by atoms with van der Waals surface area (Å²) in [5.74, 6) is 0.511. The number of hydrogen-bond acceptors (Lipinski definition) is 3. The van der Waals surface area contributed by atoms with Gasteiger partial charge < -0.3 is 14.5 Å². The molecule has 0 spiro atoms. The molecule has 1 atom stereocenters. The van der Waals surface area contributed by atoms with Crippen molar-refractivity contribution in [1.29, 1.82) is 0 Å². The van der Waals surface area contributed by atoms with Crippen LogP contribution in [0.2, 0.25) is 0 Å². The summed E-state index contributed by atoms with van der Waals surface area (Å²) in [5.41, 5.74) is 0.0176. The van der Waals surface area contributed by atoms with Gasteiger partial charge in [-0.15, -0.1) is 0 Å². The maximum Gasteiger partial charge on any atom is 0.223 e. The molecule has 0 bridgehead atoms. The van der Waals surface area contributed by atoms with Crippen LogP contribution in [0.3, 0.4) is 0 Å². The minimum atomic E-state index is -0.0242. The highest BCUT2D eigenvalue weighted by molar-refractivity contribution is 5.78. The van der Waals surface area contributed by atoms with E-state index in [9.17, 15) is 9.59 Å². The Morgan fingerprint density at radius 1 is 1.04 bits per heavy atom. The number of ether oxygens (including phenoxy) is 1. The average Bonchev–Trinajstić information content (AvgIpc) is 2.32. The van der Waals surface area contributed by atoms with E-state index >= 15 is 0 Å². The Labute approximate surface area is 153 Å². The molecule has 0 aliphatic carbocycles. The molecule has 5 nitrogen and oxygen atoms in total. The van der Waals surface area contributed by atoms with E-state index in [4.69, 9.17) is 4.74 Å². The van der Waals surface area contributed by atoms with Gasteiger partial charge >= 0.3 is 0 Å². The zero-order valence-electron chi connectivity index (χ0n) is 16.9. The van der Waals surface area contributed by atoms with Crippen LogP contribution in [0.5, 0.6) is 0 Å². The molecule has 0 N–H and O–H groups in total. The smallest absolute Gasteiger partial charge is 0.223 e. The van der Waals surface area contributed by atoms with Gasteiger partial charge in [-0.05, 0) is 30.1 Å². The lowest BCUT2D eigenvalue weighted by atomic mass is 9.80. The molecule has 144 valence electrons. The zero-order valence-corrected chi connectivity index (χ0v) is 16.9. The molecule has 1 unspecified atom stereocenters. The standard InChI is InChI=1S/C20H36N2O3/c1-19(2,3)11-18(24)22-10-8-15(22)7-9-20(4,5)12-17(23)21-13-16(14-21)25-6/h15-16H,7-14H2,1-6H3. The lowest BCUT2D eigenvalue weighted by molar-refractivity contribution is -0.146. The first-order chi connectivity index (χ1) is 11.5. The number of carbonyl (C=O) groups is 2. The third-order valence-corrected chi connectivity index (χ3v) is 5.46. The summed E-state index contributed by atoms with van der Waals surface area (Å²) in [6.45, 7) is 13.0. The molecule has 0 saturated carbocycles. The minimum absolute atomic E-state index is 0.0242. The number of hydrogen-bond donors (Lipinski definition) is 0. The van der Waals surface area contributed by atoms with Crippen LogP contribution in [0, 0.1) is 10.8 Å². The van der Waals surface area contributed by atoms with E-state index in [1.807, 2.05) is 9.80 Å². The third-order valence-electron chi connectivity index (χ3n) is 5.46. The third kappa shape index (κ3) is 5.70. The fraction of sp³-hybridized carbons (Fsp3) is 0.900. The molecule has 2 amide bonds. The summed E-state index contributed by atoms with van der Waals surface area (Å²) >= 11 is 0. The molecule has 5 heteroatoms. The van der Waals surface area contributed by atoms with E-state index in [2.05, 4.69) is 34.6 Å². The van der Waals surface area contributed by atoms with Crippen molar-refractivity contribution in [2.45, 2.75) is 78.9 Å². The highest BCUT2D eigenvalue weighted by Gasteiger charge is 2.37. The number of nitrogens with zero attached hydrogens (tertiary/aromatic N) is 2. The monoisotopic (exact) mass is 352 g/mol. The summed E-state index contributed by atoms with van der Waals surface area (Å²) in [5, 5.41) is 0. The first-order valence-electron chi connectivity index (χ1n) is 9.61. The molecule has 25 heavy (non-hydrogen) atoms. The van der Waals surface area contributed by atoms with Gasteiger partial charge in [-0.1, -0.05) is 34.6 Å². The Morgan fingerprint density at radius 3 is 2.16 bits per heavy atom. The molecular formula is C20H36N2O3. The summed E-state index contributed by atoms with van der Waals surface area (Å²) in [6.07, 6.45) is 4.47. The molecule has 0 aromatic rings. The van der Waals surface area contributed by atoms with Gasteiger partial charge in [0.05, 0.1) is 6.10 Å². The molecule has 0 radical (unpaired) electrons. The second kappa shape index (κ2) is 7.65. The van der Waals surface area contributed by atoms with Crippen molar-refractivity contribution in [2.24, 2.45) is 10.8 Å². The normalized spacial score (nSPS) is 21.8. The molecular weight excluding hydrogens is 316 g/mol. The van der Waals surface area contributed by atoms with Crippen LogP contribution in [0.4, 0.5) is 0 Å². The summed E-state index contributed by atoms with van der Waals surface area (Å²) in [4.78, 5) is 28.7. The quantitative estimate of drug-likeness (QED) is 0.707. The van der Waals surface area contributed by atoms with E-state index in [1.165, 1.54) is 0 Å². The number of amides is 2. The zero-order chi connectivity index (χ0) is 18.8. The van der Waals surface area contributed by atoms with Crippen LogP contribution in [-0.2, 0) is 14.3 Å². The lowest BCUT2D eigenvalue weighted by Gasteiger charge is -2.44. The van der Waals surface area contributed by atoms with E-state index in [0.717, 1.165) is 38.9 Å². The summed E-state index contributed by atoms with van der Waals surface area (Å²) in [7, 11) is 1.70. The Kier molecular flexibility index (Phi) is 6.18. The predicted octanol–water partition coefficient (Wildman–Crippen LogP) is 3.08. The van der Waals surface area contributed by atoms with E-state index in [0.29, 0.717) is 18.9 Å². The van der Waals surface area contributed by atoms with E-state index < -0.39 is 0 Å². The maximum atomic E-state index is 12.4. The summed E-state index contributed by atoms with van der Waals surface area (Å²) in [6, 6.07) is 0.367. The molecule has 2 aliphatic rings. The number of methoxy groups -OCH3 is 1. The van der Waals surface area contributed by atoms with Gasteiger partial charge in [-0.25, -0.2) is 0 Å². The Balaban J connectivity index is 1.74. The van der Waals surface area contributed by atoms with Crippen molar-refractivity contribution in [3.05, 3.63) is 0 Å². The molecule has 2 rings (SSSR count). The largest absolute Gasteiger partial charge is 0.378 e. The average molecular weight is 353 g/mol. The highest BCUT2D eigenvalue weighted by atomic mass is 16.5. The van der Waals surface area contributed by atoms with E-state index in [-0.39, 0.29) is 28.7 Å². The van der Waals surface area contributed by atoms with Crippen LogP contribution >= 0.6 is 0 Å². The van der Waals surface area contributed by atoms with Gasteiger partial charge in [0.25, 0.3) is 0 Å². The second-order valence-electron chi connectivity index (χ2n) is 9.80. The van der Waals surface area contributed by atoms with Crippen molar-refractivity contribution >= 4 is 11.8 Å². The van der Waals surface area contributed by atoms with Gasteiger partial charge in [0.15, 0.2) is 0 Å².